The van der Waals surface area contributed by atoms with Gasteiger partial charge in [0, 0.05) is 5.56 Å². The largest absolute Gasteiger partial charge is 0.295 e. The van der Waals surface area contributed by atoms with Crippen LogP contribution in [0.15, 0.2) is 54.6 Å². The van der Waals surface area contributed by atoms with Crippen molar-refractivity contribution in [3.05, 3.63) is 66.0 Å². The molecule has 0 spiro atoms. The fourth-order valence-electron chi connectivity index (χ4n) is 2.00. The second-order valence-corrected chi connectivity index (χ2v) is 4.50. The van der Waals surface area contributed by atoms with Crippen molar-refractivity contribution >= 4 is 11.4 Å². The fourth-order valence-corrected chi connectivity index (χ4v) is 2.00. The zero-order valence-corrected chi connectivity index (χ0v) is 11.0. The summed E-state index contributed by atoms with van der Waals surface area (Å²) in [5.74, 6) is -0.207. The highest BCUT2D eigenvalue weighted by Gasteiger charge is 2.04. The smallest absolute Gasteiger partial charge is 0.152 e. The van der Waals surface area contributed by atoms with E-state index in [-0.39, 0.29) is 11.6 Å². The van der Waals surface area contributed by atoms with E-state index in [1.165, 1.54) is 13.0 Å². The van der Waals surface area contributed by atoms with Crippen LogP contribution in [-0.2, 0) is 4.79 Å². The minimum absolute atomic E-state index is 0.0238. The second kappa shape index (κ2) is 5.61. The Morgan fingerprint density at radius 3 is 2.21 bits per heavy atom. The van der Waals surface area contributed by atoms with Gasteiger partial charge in [-0.25, -0.2) is 4.39 Å². The molecule has 2 rings (SSSR count). The number of rotatable bonds is 3. The number of halogens is 1. The molecule has 0 aliphatic rings. The molecule has 0 heterocycles. The van der Waals surface area contributed by atoms with Gasteiger partial charge in [-0.3, -0.25) is 4.79 Å². The van der Waals surface area contributed by atoms with Crippen LogP contribution in [0.2, 0.25) is 0 Å². The van der Waals surface area contributed by atoms with Crippen LogP contribution in [0.5, 0.6) is 0 Å². The first-order valence-corrected chi connectivity index (χ1v) is 6.12. The van der Waals surface area contributed by atoms with E-state index >= 15 is 0 Å². The SMILES string of the molecule is CC(=O)/C=C(\C)c1ccc(-c2ccccc2F)cc1. The molecule has 96 valence electrons. The van der Waals surface area contributed by atoms with Crippen molar-refractivity contribution in [1.82, 2.24) is 0 Å². The molecule has 2 aromatic rings. The third-order valence-electron chi connectivity index (χ3n) is 2.94. The van der Waals surface area contributed by atoms with Crippen molar-refractivity contribution in [2.24, 2.45) is 0 Å². The van der Waals surface area contributed by atoms with Crippen LogP contribution in [0.3, 0.4) is 0 Å². The summed E-state index contributed by atoms with van der Waals surface area (Å²) < 4.78 is 13.7. The number of allylic oxidation sites excluding steroid dienone is 2. The summed E-state index contributed by atoms with van der Waals surface area (Å²) in [4.78, 5) is 11.0. The van der Waals surface area contributed by atoms with Gasteiger partial charge in [0.25, 0.3) is 0 Å². The van der Waals surface area contributed by atoms with Gasteiger partial charge >= 0.3 is 0 Å². The molecule has 0 fully saturated rings. The van der Waals surface area contributed by atoms with Crippen LogP contribution in [-0.4, -0.2) is 5.78 Å². The Hall–Kier alpha value is -2.22. The predicted octanol–water partition coefficient (Wildman–Crippen LogP) is 4.49. The minimum atomic E-state index is -0.230. The second-order valence-electron chi connectivity index (χ2n) is 4.50. The Morgan fingerprint density at radius 1 is 1.00 bits per heavy atom. The third kappa shape index (κ3) is 3.16. The van der Waals surface area contributed by atoms with Gasteiger partial charge in [0.15, 0.2) is 5.78 Å². The monoisotopic (exact) mass is 254 g/mol. The first kappa shape index (κ1) is 13.2. The summed E-state index contributed by atoms with van der Waals surface area (Å²) in [6, 6.07) is 14.2. The number of carbonyl (C=O) groups is 1. The Kier molecular flexibility index (Phi) is 3.91. The van der Waals surface area contributed by atoms with Crippen LogP contribution < -0.4 is 0 Å². The summed E-state index contributed by atoms with van der Waals surface area (Å²) in [6.45, 7) is 3.41. The molecule has 0 amide bonds. The van der Waals surface area contributed by atoms with E-state index in [0.717, 1.165) is 16.7 Å². The molecule has 0 radical (unpaired) electrons. The van der Waals surface area contributed by atoms with Crippen LogP contribution in [0.4, 0.5) is 4.39 Å². The molecule has 0 atom stereocenters. The van der Waals surface area contributed by atoms with E-state index in [2.05, 4.69) is 0 Å². The lowest BCUT2D eigenvalue weighted by Gasteiger charge is -2.05. The fraction of sp³-hybridized carbons (Fsp3) is 0.118. The molecule has 0 saturated carbocycles. The zero-order valence-electron chi connectivity index (χ0n) is 11.0. The quantitative estimate of drug-likeness (QED) is 0.738. The standard InChI is InChI=1S/C17H15FO/c1-12(11-13(2)19)14-7-9-15(10-8-14)16-5-3-4-6-17(16)18/h3-11H,1-2H3/b12-11+. The Morgan fingerprint density at radius 2 is 1.63 bits per heavy atom. The van der Waals surface area contributed by atoms with Gasteiger partial charge in [0.2, 0.25) is 0 Å². The Labute approximate surface area is 112 Å². The summed E-state index contributed by atoms with van der Waals surface area (Å²) in [5, 5.41) is 0. The van der Waals surface area contributed by atoms with E-state index in [4.69, 9.17) is 0 Å². The number of carbonyl (C=O) groups excluding carboxylic acids is 1. The van der Waals surface area contributed by atoms with Gasteiger partial charge in [-0.2, -0.15) is 0 Å². The number of hydrogen-bond acceptors (Lipinski definition) is 1. The maximum atomic E-state index is 13.7. The molecule has 0 aliphatic heterocycles. The highest BCUT2D eigenvalue weighted by Crippen LogP contribution is 2.24. The van der Waals surface area contributed by atoms with Crippen LogP contribution in [0.1, 0.15) is 19.4 Å². The molecule has 1 nitrogen and oxygen atoms in total. The van der Waals surface area contributed by atoms with E-state index in [9.17, 15) is 9.18 Å². The van der Waals surface area contributed by atoms with E-state index in [1.807, 2.05) is 37.3 Å². The van der Waals surface area contributed by atoms with Crippen LogP contribution in [0, 0.1) is 5.82 Å². The van der Waals surface area contributed by atoms with E-state index < -0.39 is 0 Å². The maximum Gasteiger partial charge on any atom is 0.152 e. The minimum Gasteiger partial charge on any atom is -0.295 e. The third-order valence-corrected chi connectivity index (χ3v) is 2.94. The molecule has 19 heavy (non-hydrogen) atoms. The van der Waals surface area contributed by atoms with E-state index in [0.29, 0.717) is 5.56 Å². The molecule has 0 unspecified atom stereocenters. The van der Waals surface area contributed by atoms with Gasteiger partial charge in [-0.05, 0) is 42.7 Å². The summed E-state index contributed by atoms with van der Waals surface area (Å²) >= 11 is 0. The first-order chi connectivity index (χ1) is 9.08. The molecule has 0 N–H and O–H groups in total. The molecular weight excluding hydrogens is 239 g/mol. The lowest BCUT2D eigenvalue weighted by Crippen LogP contribution is -1.87. The van der Waals surface area contributed by atoms with Gasteiger partial charge in [-0.1, -0.05) is 42.5 Å². The normalized spacial score (nSPS) is 11.4. The number of ketones is 1. The molecule has 0 saturated heterocycles. The lowest BCUT2D eigenvalue weighted by molar-refractivity contribution is -0.112. The highest BCUT2D eigenvalue weighted by molar-refractivity contribution is 5.94. The van der Waals surface area contributed by atoms with Gasteiger partial charge in [0.1, 0.15) is 5.82 Å². The predicted molar refractivity (Wildman–Crippen MR) is 76.2 cm³/mol. The summed E-state index contributed by atoms with van der Waals surface area (Å²) in [6.07, 6.45) is 1.60. The molecular formula is C17H15FO. The average molecular weight is 254 g/mol. The number of benzene rings is 2. The van der Waals surface area contributed by atoms with Crippen molar-refractivity contribution in [1.29, 1.82) is 0 Å². The van der Waals surface area contributed by atoms with Crippen LogP contribution in [0.25, 0.3) is 16.7 Å². The number of hydrogen-bond donors (Lipinski definition) is 0. The van der Waals surface area contributed by atoms with Crippen molar-refractivity contribution in [3.8, 4) is 11.1 Å². The molecule has 2 aromatic carbocycles. The lowest BCUT2D eigenvalue weighted by atomic mass is 10.0. The first-order valence-electron chi connectivity index (χ1n) is 6.12. The average Bonchev–Trinajstić information content (AvgIpc) is 2.39. The van der Waals surface area contributed by atoms with Crippen LogP contribution >= 0.6 is 0 Å². The van der Waals surface area contributed by atoms with Crippen molar-refractivity contribution < 1.29 is 9.18 Å². The van der Waals surface area contributed by atoms with Gasteiger partial charge in [0.05, 0.1) is 0 Å². The molecule has 0 bridgehead atoms. The molecule has 0 aromatic heterocycles. The summed E-state index contributed by atoms with van der Waals surface area (Å²) in [5.41, 5.74) is 3.29. The summed E-state index contributed by atoms with van der Waals surface area (Å²) in [7, 11) is 0. The van der Waals surface area contributed by atoms with Crippen molar-refractivity contribution in [2.45, 2.75) is 13.8 Å². The maximum absolute atomic E-state index is 13.7. The van der Waals surface area contributed by atoms with Crippen molar-refractivity contribution in [3.63, 3.8) is 0 Å². The Bertz CT molecular complexity index is 624. The zero-order chi connectivity index (χ0) is 13.8. The van der Waals surface area contributed by atoms with Gasteiger partial charge < -0.3 is 0 Å². The van der Waals surface area contributed by atoms with Gasteiger partial charge in [-0.15, -0.1) is 0 Å². The highest BCUT2D eigenvalue weighted by atomic mass is 19.1. The van der Waals surface area contributed by atoms with Crippen molar-refractivity contribution in [2.75, 3.05) is 0 Å². The Balaban J connectivity index is 2.34. The molecule has 2 heteroatoms. The van der Waals surface area contributed by atoms with E-state index in [1.54, 1.807) is 18.2 Å². The topological polar surface area (TPSA) is 17.1 Å². The molecule has 0 aliphatic carbocycles.